The molecule has 0 aromatic heterocycles. The Morgan fingerprint density at radius 2 is 2.23 bits per heavy atom. The molecule has 0 unspecified atom stereocenters. The van der Waals surface area contributed by atoms with Crippen LogP contribution in [0.3, 0.4) is 0 Å². The Hall–Kier alpha value is -0.830. The number of carboxylic acids is 1. The second kappa shape index (κ2) is 7.80. The molecular formula is C10H18O3. The molecule has 0 fully saturated rings. The number of rotatable bonds is 7. The smallest absolute Gasteiger partial charge is 0.328 e. The SMILES string of the molecule is CC(C)CCCOC/C=C/C(=O)O. The Bertz CT molecular complexity index is 162. The Kier molecular flexibility index (Phi) is 7.30. The van der Waals surface area contributed by atoms with E-state index in [4.69, 9.17) is 9.84 Å². The third-order valence-corrected chi connectivity index (χ3v) is 1.54. The van der Waals surface area contributed by atoms with Crippen molar-refractivity contribution >= 4 is 5.97 Å². The molecule has 0 atom stereocenters. The molecule has 1 N–H and O–H groups in total. The Balaban J connectivity index is 3.13. The molecule has 0 aromatic carbocycles. The topological polar surface area (TPSA) is 46.5 Å². The van der Waals surface area contributed by atoms with Crippen molar-refractivity contribution in [3.05, 3.63) is 12.2 Å². The minimum absolute atomic E-state index is 0.393. The highest BCUT2D eigenvalue weighted by Gasteiger charge is 1.93. The molecule has 0 aliphatic rings. The van der Waals surface area contributed by atoms with Gasteiger partial charge in [0, 0.05) is 12.7 Å². The molecule has 13 heavy (non-hydrogen) atoms. The highest BCUT2D eigenvalue weighted by molar-refractivity contribution is 5.79. The molecule has 0 aliphatic heterocycles. The van der Waals surface area contributed by atoms with Crippen molar-refractivity contribution in [2.24, 2.45) is 5.92 Å². The summed E-state index contributed by atoms with van der Waals surface area (Å²) < 4.78 is 5.18. The summed E-state index contributed by atoms with van der Waals surface area (Å²) in [4.78, 5) is 10.0. The maximum absolute atomic E-state index is 10.0. The summed E-state index contributed by atoms with van der Waals surface area (Å²) in [7, 11) is 0. The van der Waals surface area contributed by atoms with Gasteiger partial charge in [-0.1, -0.05) is 19.9 Å². The zero-order valence-electron chi connectivity index (χ0n) is 8.32. The zero-order chi connectivity index (χ0) is 10.1. The second-order valence-corrected chi connectivity index (χ2v) is 3.35. The van der Waals surface area contributed by atoms with E-state index in [1.807, 2.05) is 0 Å². The first-order chi connectivity index (χ1) is 6.13. The lowest BCUT2D eigenvalue weighted by Gasteiger charge is -2.03. The van der Waals surface area contributed by atoms with Crippen molar-refractivity contribution in [2.45, 2.75) is 26.7 Å². The van der Waals surface area contributed by atoms with Crippen LogP contribution in [0.25, 0.3) is 0 Å². The summed E-state index contributed by atoms with van der Waals surface area (Å²) in [5.41, 5.74) is 0. The van der Waals surface area contributed by atoms with Crippen LogP contribution in [0.5, 0.6) is 0 Å². The molecule has 0 rings (SSSR count). The summed E-state index contributed by atoms with van der Waals surface area (Å²) >= 11 is 0. The number of carboxylic acid groups (broad SMARTS) is 1. The number of carbonyl (C=O) groups is 1. The molecule has 0 saturated carbocycles. The molecule has 3 nitrogen and oxygen atoms in total. The van der Waals surface area contributed by atoms with Crippen molar-refractivity contribution < 1.29 is 14.6 Å². The van der Waals surface area contributed by atoms with E-state index in [0.717, 1.165) is 18.9 Å². The largest absolute Gasteiger partial charge is 0.478 e. The van der Waals surface area contributed by atoms with E-state index in [1.165, 1.54) is 6.08 Å². The van der Waals surface area contributed by atoms with E-state index in [0.29, 0.717) is 19.1 Å². The van der Waals surface area contributed by atoms with Gasteiger partial charge >= 0.3 is 5.97 Å². The quantitative estimate of drug-likeness (QED) is 0.489. The predicted octanol–water partition coefficient (Wildman–Crippen LogP) is 2.08. The summed E-state index contributed by atoms with van der Waals surface area (Å²) in [5, 5.41) is 8.25. The maximum Gasteiger partial charge on any atom is 0.328 e. The van der Waals surface area contributed by atoms with Gasteiger partial charge in [0.25, 0.3) is 0 Å². The van der Waals surface area contributed by atoms with Crippen molar-refractivity contribution in [3.8, 4) is 0 Å². The summed E-state index contributed by atoms with van der Waals surface area (Å²) in [6.07, 6.45) is 4.81. The van der Waals surface area contributed by atoms with E-state index in [-0.39, 0.29) is 0 Å². The van der Waals surface area contributed by atoms with Gasteiger partial charge in [0.15, 0.2) is 0 Å². The van der Waals surface area contributed by atoms with Crippen LogP contribution in [0.15, 0.2) is 12.2 Å². The minimum Gasteiger partial charge on any atom is -0.478 e. The van der Waals surface area contributed by atoms with Gasteiger partial charge in [-0.25, -0.2) is 4.79 Å². The van der Waals surface area contributed by atoms with Crippen LogP contribution in [0, 0.1) is 5.92 Å². The highest BCUT2D eigenvalue weighted by Crippen LogP contribution is 2.02. The summed E-state index contributed by atoms with van der Waals surface area (Å²) in [6, 6.07) is 0. The molecule has 0 amide bonds. The van der Waals surface area contributed by atoms with Gasteiger partial charge in [-0.15, -0.1) is 0 Å². The Labute approximate surface area is 79.4 Å². The second-order valence-electron chi connectivity index (χ2n) is 3.35. The van der Waals surface area contributed by atoms with Gasteiger partial charge in [-0.05, 0) is 18.8 Å². The van der Waals surface area contributed by atoms with Crippen molar-refractivity contribution in [2.75, 3.05) is 13.2 Å². The molecule has 3 heteroatoms. The van der Waals surface area contributed by atoms with Crippen LogP contribution < -0.4 is 0 Å². The lowest BCUT2D eigenvalue weighted by Crippen LogP contribution is -1.97. The van der Waals surface area contributed by atoms with E-state index in [9.17, 15) is 4.79 Å². The van der Waals surface area contributed by atoms with Gasteiger partial charge < -0.3 is 9.84 Å². The average molecular weight is 186 g/mol. The zero-order valence-corrected chi connectivity index (χ0v) is 8.32. The van der Waals surface area contributed by atoms with Crippen molar-refractivity contribution in [1.82, 2.24) is 0 Å². The number of ether oxygens (including phenoxy) is 1. The first-order valence-electron chi connectivity index (χ1n) is 4.60. The minimum atomic E-state index is -0.925. The van der Waals surface area contributed by atoms with Crippen LogP contribution in [0.4, 0.5) is 0 Å². The molecular weight excluding hydrogens is 168 g/mol. The standard InChI is InChI=1S/C10H18O3/c1-9(2)5-3-7-13-8-4-6-10(11)12/h4,6,9H,3,5,7-8H2,1-2H3,(H,11,12)/b6-4+. The summed E-state index contributed by atoms with van der Waals surface area (Å²) in [6.45, 7) is 5.45. The third kappa shape index (κ3) is 11.2. The van der Waals surface area contributed by atoms with Gasteiger partial charge in [-0.2, -0.15) is 0 Å². The maximum atomic E-state index is 10.0. The molecule has 0 bridgehead atoms. The Morgan fingerprint density at radius 3 is 2.77 bits per heavy atom. The predicted molar refractivity (Wildman–Crippen MR) is 51.7 cm³/mol. The highest BCUT2D eigenvalue weighted by atomic mass is 16.5. The molecule has 76 valence electrons. The molecule has 0 aliphatic carbocycles. The molecule has 0 spiro atoms. The van der Waals surface area contributed by atoms with Crippen LogP contribution in [0.2, 0.25) is 0 Å². The van der Waals surface area contributed by atoms with E-state index in [1.54, 1.807) is 0 Å². The number of hydrogen-bond acceptors (Lipinski definition) is 2. The average Bonchev–Trinajstić information content (AvgIpc) is 2.01. The first-order valence-corrected chi connectivity index (χ1v) is 4.60. The lowest BCUT2D eigenvalue weighted by molar-refractivity contribution is -0.131. The van der Waals surface area contributed by atoms with Crippen LogP contribution in [-0.2, 0) is 9.53 Å². The Morgan fingerprint density at radius 1 is 1.54 bits per heavy atom. The van der Waals surface area contributed by atoms with Gasteiger partial charge in [0.2, 0.25) is 0 Å². The van der Waals surface area contributed by atoms with Crippen LogP contribution >= 0.6 is 0 Å². The fraction of sp³-hybridized carbons (Fsp3) is 0.700. The van der Waals surface area contributed by atoms with Gasteiger partial charge in [0.05, 0.1) is 6.61 Å². The summed E-state index contributed by atoms with van der Waals surface area (Å²) in [5.74, 6) is -0.219. The monoisotopic (exact) mass is 186 g/mol. The third-order valence-electron chi connectivity index (χ3n) is 1.54. The van der Waals surface area contributed by atoms with E-state index < -0.39 is 5.97 Å². The van der Waals surface area contributed by atoms with E-state index >= 15 is 0 Å². The normalized spacial score (nSPS) is 11.3. The molecule has 0 heterocycles. The van der Waals surface area contributed by atoms with Gasteiger partial charge in [0.1, 0.15) is 0 Å². The van der Waals surface area contributed by atoms with Crippen molar-refractivity contribution in [3.63, 3.8) is 0 Å². The van der Waals surface area contributed by atoms with E-state index in [2.05, 4.69) is 13.8 Å². The lowest BCUT2D eigenvalue weighted by atomic mass is 10.1. The molecule has 0 radical (unpaired) electrons. The van der Waals surface area contributed by atoms with Crippen LogP contribution in [0.1, 0.15) is 26.7 Å². The number of aliphatic carboxylic acids is 1. The molecule has 0 aromatic rings. The first kappa shape index (κ1) is 12.2. The van der Waals surface area contributed by atoms with Crippen molar-refractivity contribution in [1.29, 1.82) is 0 Å². The number of hydrogen-bond donors (Lipinski definition) is 1. The van der Waals surface area contributed by atoms with Gasteiger partial charge in [-0.3, -0.25) is 0 Å². The molecule has 0 saturated heterocycles. The van der Waals surface area contributed by atoms with Crippen LogP contribution in [-0.4, -0.2) is 24.3 Å². The fourth-order valence-corrected chi connectivity index (χ4v) is 0.894. The fourth-order valence-electron chi connectivity index (χ4n) is 0.894.